The molecule has 2 aromatic rings. The van der Waals surface area contributed by atoms with Crippen molar-refractivity contribution in [3.63, 3.8) is 0 Å². The van der Waals surface area contributed by atoms with Crippen LogP contribution in [0, 0.1) is 18.2 Å². The number of aromatic carboxylic acids is 1. The van der Waals surface area contributed by atoms with Gasteiger partial charge >= 0.3 is 5.97 Å². The Labute approximate surface area is 169 Å². The first-order valence-corrected chi connectivity index (χ1v) is 10.1. The molecule has 1 aromatic heterocycles. The highest BCUT2D eigenvalue weighted by atomic mass is 19.1. The summed E-state index contributed by atoms with van der Waals surface area (Å²) in [6, 6.07) is 2.19. The number of fused-ring (bicyclic) bond motifs is 1. The molecule has 1 aliphatic carbocycles. The van der Waals surface area contributed by atoms with Gasteiger partial charge in [0.2, 0.25) is 5.43 Å². The lowest BCUT2D eigenvalue weighted by atomic mass is 9.87. The van der Waals surface area contributed by atoms with Crippen LogP contribution in [0.25, 0.3) is 10.9 Å². The van der Waals surface area contributed by atoms with Crippen LogP contribution in [0.5, 0.6) is 0 Å². The number of aromatic nitrogens is 1. The van der Waals surface area contributed by atoms with Gasteiger partial charge in [-0.3, -0.25) is 4.79 Å². The molecule has 1 saturated heterocycles. The summed E-state index contributed by atoms with van der Waals surface area (Å²) in [6.45, 7) is 7.35. The number of halogens is 1. The van der Waals surface area contributed by atoms with Gasteiger partial charge in [0.1, 0.15) is 11.4 Å². The van der Waals surface area contributed by atoms with Gasteiger partial charge in [-0.25, -0.2) is 9.18 Å². The van der Waals surface area contributed by atoms with Crippen molar-refractivity contribution in [3.8, 4) is 0 Å². The van der Waals surface area contributed by atoms with Crippen molar-refractivity contribution in [2.24, 2.45) is 5.41 Å². The fraction of sp³-hybridized carbons (Fsp3) is 0.545. The van der Waals surface area contributed by atoms with E-state index in [4.69, 9.17) is 0 Å². The molecule has 0 amide bonds. The Hall–Kier alpha value is -2.41. The summed E-state index contributed by atoms with van der Waals surface area (Å²) in [6.07, 6.45) is 3.30. The summed E-state index contributed by atoms with van der Waals surface area (Å²) < 4.78 is 17.3. The number of carbonyl (C=O) groups is 1. The number of likely N-dealkylation sites (N-methyl/N-ethyl adjacent to an activating group) is 1. The van der Waals surface area contributed by atoms with Crippen LogP contribution in [-0.4, -0.2) is 53.8 Å². The number of aryl methyl sites for hydroxylation is 1. The quantitative estimate of drug-likeness (QED) is 0.852. The Morgan fingerprint density at radius 3 is 2.48 bits per heavy atom. The highest BCUT2D eigenvalue weighted by Gasteiger charge is 2.41. The first-order chi connectivity index (χ1) is 13.5. The third kappa shape index (κ3) is 3.12. The summed E-state index contributed by atoms with van der Waals surface area (Å²) in [5, 5.41) is 9.64. The number of carboxylic acid groups (broad SMARTS) is 1. The second-order valence-electron chi connectivity index (χ2n) is 9.39. The fourth-order valence-corrected chi connectivity index (χ4v) is 4.85. The first kappa shape index (κ1) is 19.9. The monoisotopic (exact) mass is 401 g/mol. The molecular formula is C22H28FN3O3. The normalized spacial score (nSPS) is 21.3. The molecule has 156 valence electrons. The maximum atomic E-state index is 15.5. The molecular weight excluding hydrogens is 373 g/mol. The van der Waals surface area contributed by atoms with Crippen LogP contribution in [-0.2, 0) is 0 Å². The van der Waals surface area contributed by atoms with Crippen LogP contribution < -0.4 is 10.3 Å². The Morgan fingerprint density at radius 1 is 1.31 bits per heavy atom. The SMILES string of the molecule is Cc1c(F)c(N2C[C@H](N(C)C)C(C)(C)C2)cc2c1c(=O)c(C(=O)O)cn2C1CC1. The van der Waals surface area contributed by atoms with Crippen LogP contribution in [0.4, 0.5) is 10.1 Å². The summed E-state index contributed by atoms with van der Waals surface area (Å²) in [5.74, 6) is -1.71. The standard InChI is InChI=1S/C22H28FN3O3/c1-12-18-15(26(13-6-7-13)9-14(20(18)27)21(28)29)8-16(19(12)23)25-10-17(24(4)5)22(2,3)11-25/h8-9,13,17H,6-7,10-11H2,1-5H3,(H,28,29)/t17-/m0/s1. The zero-order chi connectivity index (χ0) is 21.2. The number of hydrogen-bond donors (Lipinski definition) is 1. The van der Waals surface area contributed by atoms with Gasteiger partial charge in [-0.1, -0.05) is 13.8 Å². The van der Waals surface area contributed by atoms with Crippen molar-refractivity contribution in [1.29, 1.82) is 0 Å². The average molecular weight is 401 g/mol. The second kappa shape index (κ2) is 6.55. The van der Waals surface area contributed by atoms with Crippen molar-refractivity contribution < 1.29 is 14.3 Å². The lowest BCUT2D eigenvalue weighted by molar-refractivity contribution is 0.0695. The van der Waals surface area contributed by atoms with Crippen molar-refractivity contribution in [2.45, 2.75) is 45.7 Å². The largest absolute Gasteiger partial charge is 0.477 e. The van der Waals surface area contributed by atoms with Gasteiger partial charge in [-0.2, -0.15) is 0 Å². The van der Waals surface area contributed by atoms with E-state index in [9.17, 15) is 14.7 Å². The molecule has 0 bridgehead atoms. The fourth-order valence-electron chi connectivity index (χ4n) is 4.85. The van der Waals surface area contributed by atoms with Crippen molar-refractivity contribution >= 4 is 22.6 Å². The van der Waals surface area contributed by atoms with Crippen molar-refractivity contribution in [1.82, 2.24) is 9.47 Å². The Bertz CT molecular complexity index is 1070. The van der Waals surface area contributed by atoms with E-state index in [1.54, 1.807) is 13.0 Å². The lowest BCUT2D eigenvalue weighted by Crippen LogP contribution is -2.39. The Kier molecular flexibility index (Phi) is 4.49. The third-order valence-electron chi connectivity index (χ3n) is 6.51. The van der Waals surface area contributed by atoms with E-state index in [0.717, 1.165) is 12.8 Å². The summed E-state index contributed by atoms with van der Waals surface area (Å²) in [4.78, 5) is 28.6. The Morgan fingerprint density at radius 2 is 1.97 bits per heavy atom. The summed E-state index contributed by atoms with van der Waals surface area (Å²) in [7, 11) is 4.08. The van der Waals surface area contributed by atoms with Gasteiger partial charge in [0.15, 0.2) is 0 Å². The zero-order valence-corrected chi connectivity index (χ0v) is 17.6. The molecule has 2 aliphatic rings. The maximum absolute atomic E-state index is 15.5. The molecule has 7 heteroatoms. The van der Waals surface area contributed by atoms with E-state index in [-0.39, 0.29) is 34.0 Å². The molecule has 0 radical (unpaired) electrons. The minimum absolute atomic E-state index is 0.0118. The zero-order valence-electron chi connectivity index (χ0n) is 17.6. The predicted octanol–water partition coefficient (Wildman–Crippen LogP) is 3.26. The molecule has 1 atom stereocenters. The molecule has 1 aromatic carbocycles. The minimum Gasteiger partial charge on any atom is -0.477 e. The molecule has 1 N–H and O–H groups in total. The van der Waals surface area contributed by atoms with Gasteiger partial charge in [0.25, 0.3) is 0 Å². The molecule has 6 nitrogen and oxygen atoms in total. The average Bonchev–Trinajstić information content (AvgIpc) is 3.40. The molecule has 2 fully saturated rings. The number of nitrogens with zero attached hydrogens (tertiary/aromatic N) is 3. The Balaban J connectivity index is 1.94. The van der Waals surface area contributed by atoms with E-state index in [2.05, 4.69) is 23.6 Å². The molecule has 2 heterocycles. The first-order valence-electron chi connectivity index (χ1n) is 10.1. The van der Waals surface area contributed by atoms with E-state index in [0.29, 0.717) is 24.3 Å². The van der Waals surface area contributed by atoms with Crippen LogP contribution in [0.15, 0.2) is 17.1 Å². The highest BCUT2D eigenvalue weighted by Crippen LogP contribution is 2.41. The van der Waals surface area contributed by atoms with Gasteiger partial charge < -0.3 is 19.5 Å². The van der Waals surface area contributed by atoms with Crippen molar-refractivity contribution in [2.75, 3.05) is 32.1 Å². The maximum Gasteiger partial charge on any atom is 0.341 e. The lowest BCUT2D eigenvalue weighted by Gasteiger charge is -2.30. The van der Waals surface area contributed by atoms with E-state index in [1.807, 2.05) is 18.7 Å². The van der Waals surface area contributed by atoms with Gasteiger partial charge in [0, 0.05) is 36.9 Å². The number of anilines is 1. The van der Waals surface area contributed by atoms with Crippen LogP contribution >= 0.6 is 0 Å². The molecule has 1 aliphatic heterocycles. The second-order valence-corrected chi connectivity index (χ2v) is 9.39. The summed E-state index contributed by atoms with van der Waals surface area (Å²) in [5.41, 5.74) is 0.426. The number of rotatable bonds is 4. The van der Waals surface area contributed by atoms with Gasteiger partial charge in [0.05, 0.1) is 16.6 Å². The van der Waals surface area contributed by atoms with Crippen LogP contribution in [0.2, 0.25) is 0 Å². The molecule has 0 unspecified atom stereocenters. The number of pyridine rings is 1. The number of hydrogen-bond acceptors (Lipinski definition) is 4. The molecule has 1 saturated carbocycles. The molecule has 4 rings (SSSR count). The van der Waals surface area contributed by atoms with E-state index < -0.39 is 17.2 Å². The van der Waals surface area contributed by atoms with E-state index in [1.165, 1.54) is 6.20 Å². The number of carboxylic acids is 1. The highest BCUT2D eigenvalue weighted by molar-refractivity contribution is 5.95. The van der Waals surface area contributed by atoms with Crippen molar-refractivity contribution in [3.05, 3.63) is 39.4 Å². The predicted molar refractivity (Wildman–Crippen MR) is 112 cm³/mol. The van der Waals surface area contributed by atoms with Crippen LogP contribution in [0.1, 0.15) is 48.7 Å². The van der Waals surface area contributed by atoms with Crippen LogP contribution in [0.3, 0.4) is 0 Å². The summed E-state index contributed by atoms with van der Waals surface area (Å²) >= 11 is 0. The topological polar surface area (TPSA) is 65.8 Å². The third-order valence-corrected chi connectivity index (χ3v) is 6.51. The minimum atomic E-state index is -1.27. The molecule has 0 spiro atoms. The molecule has 29 heavy (non-hydrogen) atoms. The van der Waals surface area contributed by atoms with E-state index >= 15 is 4.39 Å². The van der Waals surface area contributed by atoms with Gasteiger partial charge in [-0.05, 0) is 45.3 Å². The number of benzene rings is 1. The van der Waals surface area contributed by atoms with Gasteiger partial charge in [-0.15, -0.1) is 0 Å². The smallest absolute Gasteiger partial charge is 0.341 e.